The summed E-state index contributed by atoms with van der Waals surface area (Å²) in [6, 6.07) is 19.3. The molecule has 6 nitrogen and oxygen atoms in total. The maximum absolute atomic E-state index is 13.2. The fraction of sp³-hybridized carbons (Fsp3) is 0.514. The van der Waals surface area contributed by atoms with Crippen LogP contribution in [0, 0.1) is 5.41 Å². The molecular weight excluding hydrogens is 566 g/mol. The number of phenols is 1. The zero-order valence-electron chi connectivity index (χ0n) is 27.9. The van der Waals surface area contributed by atoms with Crippen LogP contribution in [-0.2, 0) is 20.7 Å². The highest BCUT2D eigenvalue weighted by molar-refractivity contribution is 7.91. The molecule has 0 saturated heterocycles. The first kappa shape index (κ1) is 33.7. The molecule has 1 aromatic heterocycles. The van der Waals surface area contributed by atoms with Gasteiger partial charge in [-0.25, -0.2) is 8.42 Å². The summed E-state index contributed by atoms with van der Waals surface area (Å²) in [6.07, 6.45) is 7.08. The molecule has 3 aromatic carbocycles. The highest BCUT2D eigenvalue weighted by Gasteiger charge is 2.34. The molecule has 0 bridgehead atoms. The van der Waals surface area contributed by atoms with Crippen LogP contribution in [0.3, 0.4) is 0 Å². The monoisotopic (exact) mass is 617 g/mol. The van der Waals surface area contributed by atoms with Crippen molar-refractivity contribution in [3.8, 4) is 11.4 Å². The van der Waals surface area contributed by atoms with E-state index in [2.05, 4.69) is 73.6 Å². The maximum atomic E-state index is 13.2. The van der Waals surface area contributed by atoms with Crippen molar-refractivity contribution < 1.29 is 13.5 Å². The highest BCUT2D eigenvalue weighted by atomic mass is 32.2. The Labute approximate surface area is 264 Å². The summed E-state index contributed by atoms with van der Waals surface area (Å²) in [7, 11) is -3.43. The third-order valence-corrected chi connectivity index (χ3v) is 10.5. The van der Waals surface area contributed by atoms with Gasteiger partial charge >= 0.3 is 0 Å². The Hall–Kier alpha value is -3.19. The lowest BCUT2D eigenvalue weighted by Gasteiger charge is -2.35. The molecule has 0 atom stereocenters. The summed E-state index contributed by atoms with van der Waals surface area (Å²) in [5, 5.41) is 21.3. The van der Waals surface area contributed by atoms with Crippen LogP contribution < -0.4 is 0 Å². The van der Waals surface area contributed by atoms with Crippen LogP contribution >= 0.6 is 0 Å². The van der Waals surface area contributed by atoms with Crippen molar-refractivity contribution in [2.24, 2.45) is 5.41 Å². The van der Waals surface area contributed by atoms with Gasteiger partial charge < -0.3 is 5.11 Å². The molecule has 4 rings (SSSR count). The number of unbranched alkanes of at least 4 members (excludes halogenated alkanes) is 5. The van der Waals surface area contributed by atoms with Gasteiger partial charge in [-0.3, -0.25) is 0 Å². The van der Waals surface area contributed by atoms with E-state index in [-0.39, 0.29) is 27.2 Å². The maximum Gasteiger partial charge on any atom is 0.178 e. The van der Waals surface area contributed by atoms with Crippen LogP contribution in [0.4, 0.5) is 0 Å². The van der Waals surface area contributed by atoms with Gasteiger partial charge in [0.15, 0.2) is 9.84 Å². The Bertz CT molecular complexity index is 1680. The number of aromatic nitrogens is 3. The van der Waals surface area contributed by atoms with Crippen molar-refractivity contribution in [2.75, 3.05) is 5.75 Å². The standard InChI is InChI=1S/C37H51N3O3S/c1-9-10-11-12-13-17-22-44(42,43)29-20-21-31-32(25-29)39-40(38-31)33-24-28(36(5,6)26-35(2,3)4)23-30(34(33)41)37(7,8)27-18-15-14-16-19-27/h14-16,18-21,23-25,41H,9-13,17,22,26H2,1-8H3. The minimum Gasteiger partial charge on any atom is -0.505 e. The fourth-order valence-corrected chi connectivity index (χ4v) is 7.85. The minimum absolute atomic E-state index is 0.0900. The third kappa shape index (κ3) is 7.71. The molecule has 1 heterocycles. The lowest BCUT2D eigenvalue weighted by atomic mass is 9.70. The molecule has 0 aliphatic carbocycles. The number of hydrogen-bond acceptors (Lipinski definition) is 5. The van der Waals surface area contributed by atoms with E-state index >= 15 is 0 Å². The van der Waals surface area contributed by atoms with Gasteiger partial charge in [-0.15, -0.1) is 15.0 Å². The second-order valence-corrected chi connectivity index (χ2v) is 16.8. The van der Waals surface area contributed by atoms with E-state index < -0.39 is 15.3 Å². The lowest BCUT2D eigenvalue weighted by molar-refractivity contribution is 0.283. The van der Waals surface area contributed by atoms with Gasteiger partial charge in [0.25, 0.3) is 0 Å². The van der Waals surface area contributed by atoms with Gasteiger partial charge in [0.1, 0.15) is 22.5 Å². The van der Waals surface area contributed by atoms with E-state index in [1.54, 1.807) is 18.2 Å². The zero-order chi connectivity index (χ0) is 32.3. The fourth-order valence-electron chi connectivity index (χ4n) is 6.46. The molecule has 7 heteroatoms. The Balaban J connectivity index is 1.77. The van der Waals surface area contributed by atoms with E-state index in [0.29, 0.717) is 23.1 Å². The second kappa shape index (κ2) is 13.0. The number of aromatic hydroxyl groups is 1. The van der Waals surface area contributed by atoms with Crippen molar-refractivity contribution in [3.05, 3.63) is 77.4 Å². The molecule has 44 heavy (non-hydrogen) atoms. The van der Waals surface area contributed by atoms with Crippen molar-refractivity contribution in [2.45, 2.75) is 116 Å². The second-order valence-electron chi connectivity index (χ2n) is 14.7. The van der Waals surface area contributed by atoms with Crippen molar-refractivity contribution in [3.63, 3.8) is 0 Å². The Morgan fingerprint density at radius 2 is 1.39 bits per heavy atom. The highest BCUT2D eigenvalue weighted by Crippen LogP contribution is 2.44. The quantitative estimate of drug-likeness (QED) is 0.151. The largest absolute Gasteiger partial charge is 0.505 e. The smallest absolute Gasteiger partial charge is 0.178 e. The Morgan fingerprint density at radius 3 is 2.05 bits per heavy atom. The predicted molar refractivity (Wildman–Crippen MR) is 182 cm³/mol. The molecule has 0 aliphatic rings. The summed E-state index contributed by atoms with van der Waals surface area (Å²) < 4.78 is 26.3. The predicted octanol–water partition coefficient (Wildman–Crippen LogP) is 9.30. The number of sulfone groups is 1. The summed E-state index contributed by atoms with van der Waals surface area (Å²) >= 11 is 0. The summed E-state index contributed by atoms with van der Waals surface area (Å²) in [4.78, 5) is 1.73. The zero-order valence-corrected chi connectivity index (χ0v) is 28.8. The number of benzene rings is 3. The summed E-state index contributed by atoms with van der Waals surface area (Å²) in [5.74, 6) is 0.243. The molecule has 238 valence electrons. The van der Waals surface area contributed by atoms with Gasteiger partial charge in [-0.2, -0.15) is 0 Å². The number of nitrogens with zero attached hydrogens (tertiary/aromatic N) is 3. The summed E-state index contributed by atoms with van der Waals surface area (Å²) in [6.45, 7) is 17.6. The Kier molecular flexibility index (Phi) is 9.99. The number of hydrogen-bond donors (Lipinski definition) is 1. The van der Waals surface area contributed by atoms with E-state index in [1.807, 2.05) is 24.3 Å². The van der Waals surface area contributed by atoms with Crippen LogP contribution in [0.1, 0.15) is 117 Å². The lowest BCUT2D eigenvalue weighted by Crippen LogP contribution is -2.27. The van der Waals surface area contributed by atoms with Gasteiger partial charge in [0.05, 0.1) is 10.6 Å². The van der Waals surface area contributed by atoms with Crippen LogP contribution in [0.2, 0.25) is 0 Å². The molecule has 0 radical (unpaired) electrons. The van der Waals surface area contributed by atoms with Crippen molar-refractivity contribution in [1.29, 1.82) is 0 Å². The van der Waals surface area contributed by atoms with Crippen molar-refractivity contribution >= 4 is 20.9 Å². The van der Waals surface area contributed by atoms with E-state index in [9.17, 15) is 13.5 Å². The SMILES string of the molecule is CCCCCCCCS(=O)(=O)c1ccc2nn(-c3cc(C(C)(C)CC(C)(C)C)cc(C(C)(C)c4ccccc4)c3O)nc2c1. The first-order valence-corrected chi connectivity index (χ1v) is 17.7. The molecule has 4 aromatic rings. The molecule has 0 fully saturated rings. The normalized spacial score (nSPS) is 13.1. The topological polar surface area (TPSA) is 85.1 Å². The Morgan fingerprint density at radius 1 is 0.750 bits per heavy atom. The molecular formula is C37H51N3O3S. The summed E-state index contributed by atoms with van der Waals surface area (Å²) in [5.41, 5.74) is 3.90. The number of rotatable bonds is 13. The molecule has 0 aliphatic heterocycles. The number of fused-ring (bicyclic) bond motifs is 1. The molecule has 0 saturated carbocycles. The molecule has 0 spiro atoms. The van der Waals surface area contributed by atoms with E-state index in [4.69, 9.17) is 10.2 Å². The van der Waals surface area contributed by atoms with Gasteiger partial charge in [0, 0.05) is 11.0 Å². The first-order chi connectivity index (χ1) is 20.5. The van der Waals surface area contributed by atoms with Gasteiger partial charge in [0.2, 0.25) is 0 Å². The average molecular weight is 618 g/mol. The van der Waals surface area contributed by atoms with E-state index in [0.717, 1.165) is 42.4 Å². The third-order valence-electron chi connectivity index (χ3n) is 8.71. The minimum atomic E-state index is -3.43. The molecule has 1 N–H and O–H groups in total. The molecule has 0 unspecified atom stereocenters. The van der Waals surface area contributed by atoms with Crippen LogP contribution in [-0.4, -0.2) is 34.3 Å². The van der Waals surface area contributed by atoms with Crippen LogP contribution in [0.25, 0.3) is 16.7 Å². The van der Waals surface area contributed by atoms with Crippen LogP contribution in [0.15, 0.2) is 65.6 Å². The molecule has 0 amide bonds. The first-order valence-electron chi connectivity index (χ1n) is 16.1. The number of phenolic OH excluding ortho intramolecular Hbond substituents is 1. The van der Waals surface area contributed by atoms with Gasteiger partial charge in [-0.1, -0.05) is 124 Å². The average Bonchev–Trinajstić information content (AvgIpc) is 3.37. The van der Waals surface area contributed by atoms with Gasteiger partial charge in [-0.05, 0) is 59.1 Å². The van der Waals surface area contributed by atoms with Crippen LogP contribution in [0.5, 0.6) is 5.75 Å². The van der Waals surface area contributed by atoms with E-state index in [1.165, 1.54) is 17.6 Å². The van der Waals surface area contributed by atoms with Crippen molar-refractivity contribution in [1.82, 2.24) is 15.0 Å².